The average Bonchev–Trinajstić information content (AvgIpc) is 2.88. The molecule has 0 aliphatic carbocycles. The van der Waals surface area contributed by atoms with Gasteiger partial charge in [-0.3, -0.25) is 4.79 Å². The molecule has 1 heterocycles. The molecule has 1 amide bonds. The van der Waals surface area contributed by atoms with Crippen molar-refractivity contribution in [3.63, 3.8) is 0 Å². The van der Waals surface area contributed by atoms with Gasteiger partial charge in [0, 0.05) is 28.7 Å². The molecule has 176 valence electrons. The fourth-order valence-electron chi connectivity index (χ4n) is 3.70. The Morgan fingerprint density at radius 1 is 0.971 bits per heavy atom. The van der Waals surface area contributed by atoms with Gasteiger partial charge in [0.05, 0.1) is 7.11 Å². The van der Waals surface area contributed by atoms with Gasteiger partial charge in [-0.2, -0.15) is 0 Å². The molecule has 2 N–H and O–H groups in total. The molecule has 4 rings (SSSR count). The molecule has 4 aromatic rings. The topological polar surface area (TPSA) is 76.1 Å². The van der Waals surface area contributed by atoms with Crippen molar-refractivity contribution in [2.24, 2.45) is 0 Å². The van der Waals surface area contributed by atoms with Crippen molar-refractivity contribution in [1.29, 1.82) is 0 Å². The largest absolute Gasteiger partial charge is 0.497 e. The molecular weight excluding hydrogens is 436 g/mol. The van der Waals surface area contributed by atoms with E-state index in [1.807, 2.05) is 91.9 Å². The lowest BCUT2D eigenvalue weighted by Crippen LogP contribution is -2.15. The molecule has 6 nitrogen and oxygen atoms in total. The number of rotatable bonds is 8. The normalized spacial score (nSPS) is 11.1. The Balaban J connectivity index is 1.65. The van der Waals surface area contributed by atoms with Gasteiger partial charge in [-0.25, -0.2) is 9.97 Å². The van der Waals surface area contributed by atoms with Gasteiger partial charge in [-0.15, -0.1) is 0 Å². The van der Waals surface area contributed by atoms with E-state index >= 15 is 0 Å². The third-order valence-electron chi connectivity index (χ3n) is 5.57. The Bertz CT molecular complexity index is 1330. The van der Waals surface area contributed by atoms with Crippen molar-refractivity contribution in [3.05, 3.63) is 108 Å². The highest BCUT2D eigenvalue weighted by molar-refractivity contribution is 6.29. The van der Waals surface area contributed by atoms with Crippen LogP contribution in [-0.2, 0) is 11.2 Å². The summed E-state index contributed by atoms with van der Waals surface area (Å²) in [4.78, 5) is 22.0. The van der Waals surface area contributed by atoms with Crippen LogP contribution >= 0.6 is 0 Å². The first-order chi connectivity index (χ1) is 17.1. The second-order valence-electron chi connectivity index (χ2n) is 8.05. The smallest absolute Gasteiger partial charge is 0.256 e. The van der Waals surface area contributed by atoms with E-state index in [2.05, 4.69) is 27.5 Å². The minimum absolute atomic E-state index is 0.184. The second kappa shape index (κ2) is 11.1. The summed E-state index contributed by atoms with van der Waals surface area (Å²) in [6, 6.07) is 25.1. The average molecular weight is 465 g/mol. The third kappa shape index (κ3) is 6.12. The maximum absolute atomic E-state index is 13.6. The summed E-state index contributed by atoms with van der Waals surface area (Å²) in [5, 5.41) is 6.43. The number of nitrogens with one attached hydrogen (secondary N) is 2. The summed E-state index contributed by atoms with van der Waals surface area (Å²) in [5.74, 6) is 1.28. The highest BCUT2D eigenvalue weighted by atomic mass is 16.5. The van der Waals surface area contributed by atoms with Crippen LogP contribution in [0.1, 0.15) is 29.3 Å². The van der Waals surface area contributed by atoms with Crippen LogP contribution in [0.4, 0.5) is 17.2 Å². The molecule has 0 aliphatic rings. The van der Waals surface area contributed by atoms with Gasteiger partial charge in [0.2, 0.25) is 0 Å². The summed E-state index contributed by atoms with van der Waals surface area (Å²) in [6.07, 6.45) is 4.20. The minimum Gasteiger partial charge on any atom is -0.497 e. The highest BCUT2D eigenvalue weighted by Crippen LogP contribution is 2.27. The molecule has 0 unspecified atom stereocenters. The van der Waals surface area contributed by atoms with Gasteiger partial charge < -0.3 is 15.4 Å². The predicted octanol–water partition coefficient (Wildman–Crippen LogP) is 6.28. The molecule has 35 heavy (non-hydrogen) atoms. The summed E-state index contributed by atoms with van der Waals surface area (Å²) in [7, 11) is 1.63. The van der Waals surface area contributed by atoms with Crippen molar-refractivity contribution >= 4 is 34.7 Å². The lowest BCUT2D eigenvalue weighted by molar-refractivity contribution is -0.111. The van der Waals surface area contributed by atoms with Gasteiger partial charge >= 0.3 is 0 Å². The number of hydrogen-bond acceptors (Lipinski definition) is 5. The van der Waals surface area contributed by atoms with E-state index in [-0.39, 0.29) is 5.91 Å². The van der Waals surface area contributed by atoms with E-state index in [4.69, 9.17) is 4.74 Å². The van der Waals surface area contributed by atoms with Gasteiger partial charge in [-0.1, -0.05) is 55.5 Å². The Hall–Kier alpha value is -4.45. The molecule has 0 atom stereocenters. The second-order valence-corrected chi connectivity index (χ2v) is 8.05. The van der Waals surface area contributed by atoms with E-state index < -0.39 is 0 Å². The first-order valence-electron chi connectivity index (χ1n) is 11.5. The third-order valence-corrected chi connectivity index (χ3v) is 5.57. The van der Waals surface area contributed by atoms with Crippen molar-refractivity contribution in [1.82, 2.24) is 9.97 Å². The maximum Gasteiger partial charge on any atom is 0.256 e. The molecule has 0 fully saturated rings. The van der Waals surface area contributed by atoms with E-state index in [0.717, 1.165) is 45.9 Å². The summed E-state index contributed by atoms with van der Waals surface area (Å²) >= 11 is 0. The number of ether oxygens (including phenoxy) is 1. The monoisotopic (exact) mass is 464 g/mol. The molecule has 1 aromatic heterocycles. The number of benzene rings is 3. The summed E-state index contributed by atoms with van der Waals surface area (Å²) in [5.41, 5.74) is 5.81. The number of amides is 1. The summed E-state index contributed by atoms with van der Waals surface area (Å²) in [6.45, 7) is 3.98. The van der Waals surface area contributed by atoms with Gasteiger partial charge in [-0.05, 0) is 60.4 Å². The van der Waals surface area contributed by atoms with E-state index in [1.54, 1.807) is 7.11 Å². The number of nitrogens with zero attached hydrogens (tertiary/aromatic N) is 2. The molecule has 6 heteroatoms. The van der Waals surface area contributed by atoms with Crippen molar-refractivity contribution in [2.75, 3.05) is 17.7 Å². The predicted molar refractivity (Wildman–Crippen MR) is 142 cm³/mol. The lowest BCUT2D eigenvalue weighted by Gasteiger charge is -2.15. The quantitative estimate of drug-likeness (QED) is 0.237. The van der Waals surface area contributed by atoms with Crippen LogP contribution < -0.4 is 15.4 Å². The number of anilines is 3. The minimum atomic E-state index is -0.184. The Morgan fingerprint density at radius 3 is 2.43 bits per heavy atom. The van der Waals surface area contributed by atoms with Crippen LogP contribution in [0.15, 0.2) is 85.2 Å². The number of aryl methyl sites for hydroxylation is 2. The van der Waals surface area contributed by atoms with E-state index in [0.29, 0.717) is 11.4 Å². The first-order valence-corrected chi connectivity index (χ1v) is 11.5. The molecular formula is C29H28N4O2. The standard InChI is InChI=1S/C29H28N4O2/c1-4-22-12-13-24(32-28-16-20(2)30-19-31-28)18-27(22)33-29(34)26(23-8-6-5-7-9-23)17-21-10-14-25(35-3)15-11-21/h5-19H,4H2,1-3H3,(H,33,34)(H,30,31,32)/b26-17+. The van der Waals surface area contributed by atoms with Crippen LogP contribution in [0.5, 0.6) is 5.75 Å². The van der Waals surface area contributed by atoms with Crippen molar-refractivity contribution in [2.45, 2.75) is 20.3 Å². The molecule has 0 aliphatic heterocycles. The molecule has 0 saturated heterocycles. The Morgan fingerprint density at radius 2 is 1.74 bits per heavy atom. The number of hydrogen-bond donors (Lipinski definition) is 2. The highest BCUT2D eigenvalue weighted by Gasteiger charge is 2.15. The van der Waals surface area contributed by atoms with Crippen LogP contribution in [0.2, 0.25) is 0 Å². The zero-order valence-corrected chi connectivity index (χ0v) is 20.1. The maximum atomic E-state index is 13.6. The molecule has 3 aromatic carbocycles. The fourth-order valence-corrected chi connectivity index (χ4v) is 3.70. The molecule has 0 saturated carbocycles. The van der Waals surface area contributed by atoms with Crippen LogP contribution in [0.3, 0.4) is 0 Å². The van der Waals surface area contributed by atoms with Crippen LogP contribution in [0, 0.1) is 6.92 Å². The number of aromatic nitrogens is 2. The number of carbonyl (C=O) groups is 1. The lowest BCUT2D eigenvalue weighted by atomic mass is 10.0. The number of methoxy groups -OCH3 is 1. The Kier molecular flexibility index (Phi) is 7.53. The van der Waals surface area contributed by atoms with Crippen LogP contribution in [0.25, 0.3) is 11.6 Å². The zero-order chi connectivity index (χ0) is 24.6. The number of carbonyl (C=O) groups excluding carboxylic acids is 1. The SMILES string of the molecule is CCc1ccc(Nc2cc(C)ncn2)cc1NC(=O)/C(=C/c1ccc(OC)cc1)c1ccccc1. The van der Waals surface area contributed by atoms with Crippen molar-refractivity contribution in [3.8, 4) is 5.75 Å². The Labute approximate surface area is 205 Å². The fraction of sp³-hybridized carbons (Fsp3) is 0.138. The van der Waals surface area contributed by atoms with Crippen molar-refractivity contribution < 1.29 is 9.53 Å². The molecule has 0 bridgehead atoms. The molecule has 0 radical (unpaired) electrons. The first kappa shape index (κ1) is 23.7. The van der Waals surface area contributed by atoms with Gasteiger partial charge in [0.1, 0.15) is 17.9 Å². The van der Waals surface area contributed by atoms with Crippen LogP contribution in [-0.4, -0.2) is 23.0 Å². The zero-order valence-electron chi connectivity index (χ0n) is 20.1. The molecule has 0 spiro atoms. The van der Waals surface area contributed by atoms with Gasteiger partial charge in [0.25, 0.3) is 5.91 Å². The van der Waals surface area contributed by atoms with Gasteiger partial charge in [0.15, 0.2) is 0 Å². The van der Waals surface area contributed by atoms with E-state index in [9.17, 15) is 4.79 Å². The summed E-state index contributed by atoms with van der Waals surface area (Å²) < 4.78 is 5.26. The van der Waals surface area contributed by atoms with E-state index in [1.165, 1.54) is 6.33 Å².